The average molecular weight is 408 g/mol. The molecule has 0 radical (unpaired) electrons. The van der Waals surface area contributed by atoms with Crippen LogP contribution in [0.25, 0.3) is 11.4 Å². The van der Waals surface area contributed by atoms with Gasteiger partial charge in [-0.05, 0) is 42.7 Å². The molecule has 0 aliphatic carbocycles. The summed E-state index contributed by atoms with van der Waals surface area (Å²) < 4.78 is 16.0. The molecule has 1 fully saturated rings. The second-order valence-corrected chi connectivity index (χ2v) is 7.11. The van der Waals surface area contributed by atoms with Crippen LogP contribution in [-0.4, -0.2) is 46.7 Å². The first kappa shape index (κ1) is 19.9. The van der Waals surface area contributed by atoms with Gasteiger partial charge in [-0.15, -0.1) is 0 Å². The minimum Gasteiger partial charge on any atom is -0.493 e. The molecule has 30 heavy (non-hydrogen) atoms. The van der Waals surface area contributed by atoms with E-state index in [-0.39, 0.29) is 11.9 Å². The normalized spacial score (nSPS) is 15.9. The van der Waals surface area contributed by atoms with Gasteiger partial charge in [0.25, 0.3) is 0 Å². The number of hydrogen-bond acceptors (Lipinski definition) is 7. The highest BCUT2D eigenvalue weighted by Crippen LogP contribution is 2.37. The summed E-state index contributed by atoms with van der Waals surface area (Å²) in [6, 6.07) is 9.55. The van der Waals surface area contributed by atoms with Crippen molar-refractivity contribution in [2.24, 2.45) is 0 Å². The number of carbonyl (C=O) groups is 1. The van der Waals surface area contributed by atoms with Gasteiger partial charge in [0.2, 0.25) is 17.6 Å². The molecule has 1 aliphatic rings. The molecule has 3 heterocycles. The number of likely N-dealkylation sites (tertiary alicyclic amines) is 1. The number of pyridine rings is 1. The van der Waals surface area contributed by atoms with Gasteiger partial charge < -0.3 is 18.9 Å². The van der Waals surface area contributed by atoms with Gasteiger partial charge in [0.15, 0.2) is 11.5 Å². The summed E-state index contributed by atoms with van der Waals surface area (Å²) in [5.41, 5.74) is 1.84. The molecule has 3 aromatic rings. The van der Waals surface area contributed by atoms with Crippen molar-refractivity contribution < 1.29 is 18.8 Å². The van der Waals surface area contributed by atoms with Crippen molar-refractivity contribution >= 4 is 5.91 Å². The number of rotatable bonds is 7. The van der Waals surface area contributed by atoms with E-state index in [9.17, 15) is 4.79 Å². The Kier molecular flexibility index (Phi) is 5.92. The van der Waals surface area contributed by atoms with Gasteiger partial charge in [0.05, 0.1) is 20.3 Å². The first-order valence-corrected chi connectivity index (χ1v) is 9.94. The van der Waals surface area contributed by atoms with Crippen molar-refractivity contribution in [3.05, 3.63) is 54.2 Å². The standard InChI is InChI=1S/C22H24N4O4/c1-28-18-8-7-15(13-19(18)29-2)17-6-4-12-26(17)21(27)10-9-20-24-22(25-30-20)16-5-3-11-23-14-16/h3,5,7-8,11,13-14,17H,4,6,9-10,12H2,1-2H3. The second kappa shape index (κ2) is 8.94. The number of amides is 1. The molecular formula is C22H24N4O4. The molecule has 1 saturated heterocycles. The predicted octanol–water partition coefficient (Wildman–Crippen LogP) is 3.45. The highest BCUT2D eigenvalue weighted by Gasteiger charge is 2.30. The van der Waals surface area contributed by atoms with E-state index in [2.05, 4.69) is 15.1 Å². The van der Waals surface area contributed by atoms with Crippen LogP contribution in [0, 0.1) is 0 Å². The van der Waals surface area contributed by atoms with Crippen molar-refractivity contribution in [2.45, 2.75) is 31.7 Å². The lowest BCUT2D eigenvalue weighted by Gasteiger charge is -2.25. The molecule has 0 bridgehead atoms. The second-order valence-electron chi connectivity index (χ2n) is 7.11. The fourth-order valence-corrected chi connectivity index (χ4v) is 3.80. The van der Waals surface area contributed by atoms with Gasteiger partial charge >= 0.3 is 0 Å². The van der Waals surface area contributed by atoms with Crippen molar-refractivity contribution in [3.63, 3.8) is 0 Å². The quantitative estimate of drug-likeness (QED) is 0.591. The van der Waals surface area contributed by atoms with E-state index in [0.29, 0.717) is 36.1 Å². The fourth-order valence-electron chi connectivity index (χ4n) is 3.80. The summed E-state index contributed by atoms with van der Waals surface area (Å²) in [6.07, 6.45) is 5.98. The van der Waals surface area contributed by atoms with E-state index < -0.39 is 0 Å². The van der Waals surface area contributed by atoms with Crippen LogP contribution in [0.4, 0.5) is 0 Å². The Morgan fingerprint density at radius 3 is 2.87 bits per heavy atom. The molecule has 8 heteroatoms. The van der Waals surface area contributed by atoms with E-state index in [4.69, 9.17) is 14.0 Å². The number of benzene rings is 1. The van der Waals surface area contributed by atoms with Crippen LogP contribution in [0.3, 0.4) is 0 Å². The lowest BCUT2D eigenvalue weighted by atomic mass is 10.0. The van der Waals surface area contributed by atoms with Gasteiger partial charge in [-0.2, -0.15) is 4.98 Å². The van der Waals surface area contributed by atoms with Crippen molar-refractivity contribution in [1.29, 1.82) is 0 Å². The molecule has 0 spiro atoms. The molecule has 8 nitrogen and oxygen atoms in total. The number of aryl methyl sites for hydroxylation is 1. The van der Waals surface area contributed by atoms with Crippen molar-refractivity contribution in [2.75, 3.05) is 20.8 Å². The zero-order valence-electron chi connectivity index (χ0n) is 17.1. The van der Waals surface area contributed by atoms with E-state index in [1.54, 1.807) is 26.6 Å². The van der Waals surface area contributed by atoms with Crippen LogP contribution in [-0.2, 0) is 11.2 Å². The fraction of sp³-hybridized carbons (Fsp3) is 0.364. The molecule has 156 valence electrons. The monoisotopic (exact) mass is 408 g/mol. The van der Waals surface area contributed by atoms with Crippen molar-refractivity contribution in [1.82, 2.24) is 20.0 Å². The molecule has 1 amide bonds. The average Bonchev–Trinajstić information content (AvgIpc) is 3.47. The summed E-state index contributed by atoms with van der Waals surface area (Å²) >= 11 is 0. The molecule has 1 aromatic carbocycles. The largest absolute Gasteiger partial charge is 0.493 e. The molecule has 4 rings (SSSR count). The summed E-state index contributed by atoms with van der Waals surface area (Å²) in [5, 5.41) is 3.98. The van der Waals surface area contributed by atoms with Crippen LogP contribution < -0.4 is 9.47 Å². The third-order valence-corrected chi connectivity index (χ3v) is 5.31. The number of carbonyl (C=O) groups excluding carboxylic acids is 1. The summed E-state index contributed by atoms with van der Waals surface area (Å²) in [6.45, 7) is 0.739. The first-order chi connectivity index (χ1) is 14.7. The van der Waals surface area contributed by atoms with Crippen LogP contribution in [0.15, 0.2) is 47.2 Å². The maximum atomic E-state index is 12.9. The summed E-state index contributed by atoms with van der Waals surface area (Å²) in [4.78, 5) is 23.3. The Balaban J connectivity index is 1.41. The SMILES string of the molecule is COc1ccc(C2CCCN2C(=O)CCc2nc(-c3cccnc3)no2)cc1OC. The number of aromatic nitrogens is 3. The molecule has 1 atom stereocenters. The summed E-state index contributed by atoms with van der Waals surface area (Å²) in [7, 11) is 3.23. The molecule has 0 N–H and O–H groups in total. The summed E-state index contributed by atoms with van der Waals surface area (Å²) in [5.74, 6) is 2.36. The van der Waals surface area contributed by atoms with Crippen LogP contribution in [0.2, 0.25) is 0 Å². The zero-order chi connectivity index (χ0) is 20.9. The zero-order valence-corrected chi connectivity index (χ0v) is 17.1. The number of ether oxygens (including phenoxy) is 2. The lowest BCUT2D eigenvalue weighted by molar-refractivity contribution is -0.132. The molecular weight excluding hydrogens is 384 g/mol. The minimum atomic E-state index is 0.0333. The maximum absolute atomic E-state index is 12.9. The molecule has 0 saturated carbocycles. The van der Waals surface area contributed by atoms with Gasteiger partial charge in [-0.25, -0.2) is 0 Å². The predicted molar refractivity (Wildman–Crippen MR) is 109 cm³/mol. The van der Waals surface area contributed by atoms with Crippen molar-refractivity contribution in [3.8, 4) is 22.9 Å². The van der Waals surface area contributed by atoms with Gasteiger partial charge in [0.1, 0.15) is 0 Å². The Hall–Kier alpha value is -3.42. The van der Waals surface area contributed by atoms with E-state index in [1.807, 2.05) is 35.2 Å². The molecule has 1 aliphatic heterocycles. The molecule has 1 unspecified atom stereocenters. The molecule has 2 aromatic heterocycles. The topological polar surface area (TPSA) is 90.6 Å². The smallest absolute Gasteiger partial charge is 0.227 e. The van der Waals surface area contributed by atoms with Crippen LogP contribution >= 0.6 is 0 Å². The minimum absolute atomic E-state index is 0.0333. The Morgan fingerprint density at radius 2 is 2.10 bits per heavy atom. The number of nitrogens with zero attached hydrogens (tertiary/aromatic N) is 4. The first-order valence-electron chi connectivity index (χ1n) is 9.94. The number of methoxy groups -OCH3 is 2. The van der Waals surface area contributed by atoms with Gasteiger partial charge in [-0.1, -0.05) is 11.2 Å². The maximum Gasteiger partial charge on any atom is 0.227 e. The highest BCUT2D eigenvalue weighted by molar-refractivity contribution is 5.77. The van der Waals surface area contributed by atoms with E-state index >= 15 is 0 Å². The van der Waals surface area contributed by atoms with E-state index in [1.165, 1.54) is 0 Å². The lowest BCUT2D eigenvalue weighted by Crippen LogP contribution is -2.30. The van der Waals surface area contributed by atoms with Gasteiger partial charge in [0, 0.05) is 37.3 Å². The third-order valence-electron chi connectivity index (χ3n) is 5.31. The number of hydrogen-bond donors (Lipinski definition) is 0. The van der Waals surface area contributed by atoms with E-state index in [0.717, 1.165) is 30.5 Å². The highest BCUT2D eigenvalue weighted by atomic mass is 16.5. The Morgan fingerprint density at radius 1 is 1.23 bits per heavy atom. The third kappa shape index (κ3) is 4.12. The van der Waals surface area contributed by atoms with Crippen LogP contribution in [0.5, 0.6) is 11.5 Å². The van der Waals surface area contributed by atoms with Crippen LogP contribution in [0.1, 0.15) is 36.8 Å². The Labute approximate surface area is 174 Å². The Bertz CT molecular complexity index is 1010. The van der Waals surface area contributed by atoms with Gasteiger partial charge in [-0.3, -0.25) is 9.78 Å².